The number of hydrogen-bond acceptors (Lipinski definition) is 8. The zero-order valence-corrected chi connectivity index (χ0v) is 22.1. The zero-order chi connectivity index (χ0) is 26.9. The van der Waals surface area contributed by atoms with Crippen LogP contribution in [0.3, 0.4) is 0 Å². The van der Waals surface area contributed by atoms with Crippen molar-refractivity contribution in [3.63, 3.8) is 0 Å². The Balaban J connectivity index is 1.38. The molecule has 0 saturated carbocycles. The molecule has 1 saturated heterocycles. The van der Waals surface area contributed by atoms with Gasteiger partial charge in [-0.25, -0.2) is 9.97 Å². The van der Waals surface area contributed by atoms with Crippen LogP contribution in [-0.4, -0.2) is 79.1 Å². The minimum atomic E-state index is -0.128. The predicted molar refractivity (Wildman–Crippen MR) is 150 cm³/mol. The topological polar surface area (TPSA) is 112 Å². The van der Waals surface area contributed by atoms with Crippen LogP contribution in [0.5, 0.6) is 5.75 Å². The number of carbonyl (C=O) groups is 2. The Kier molecular flexibility index (Phi) is 9.10. The lowest BCUT2D eigenvalue weighted by Gasteiger charge is -2.41. The van der Waals surface area contributed by atoms with Gasteiger partial charge in [0.25, 0.3) is 0 Å². The second-order valence-corrected chi connectivity index (χ2v) is 9.26. The lowest BCUT2D eigenvalue weighted by Crippen LogP contribution is -2.53. The summed E-state index contributed by atoms with van der Waals surface area (Å²) in [5, 5.41) is 8.89. The summed E-state index contributed by atoms with van der Waals surface area (Å²) < 4.78 is 5.27. The number of piperazine rings is 1. The van der Waals surface area contributed by atoms with Crippen molar-refractivity contribution >= 4 is 29.1 Å². The van der Waals surface area contributed by atoms with E-state index in [1.165, 1.54) is 6.92 Å². The molecular weight excluding hydrogens is 482 g/mol. The molecule has 2 aromatic carbocycles. The summed E-state index contributed by atoms with van der Waals surface area (Å²) in [6.07, 6.45) is 0. The monoisotopic (exact) mass is 517 g/mol. The van der Waals surface area contributed by atoms with Crippen molar-refractivity contribution < 1.29 is 14.3 Å². The first-order valence-electron chi connectivity index (χ1n) is 12.8. The molecule has 3 N–H and O–H groups in total. The summed E-state index contributed by atoms with van der Waals surface area (Å²) in [6.45, 7) is 7.25. The molecule has 0 spiro atoms. The third-order valence-corrected chi connectivity index (χ3v) is 6.31. The fourth-order valence-corrected chi connectivity index (χ4v) is 4.47. The summed E-state index contributed by atoms with van der Waals surface area (Å²) in [5.41, 5.74) is 1.99. The molecule has 10 nitrogen and oxygen atoms in total. The number of methoxy groups -OCH3 is 1. The minimum absolute atomic E-state index is 0.0911. The van der Waals surface area contributed by atoms with Crippen LogP contribution in [0, 0.1) is 0 Å². The minimum Gasteiger partial charge on any atom is -0.497 e. The third kappa shape index (κ3) is 7.42. The van der Waals surface area contributed by atoms with Crippen LogP contribution in [0.2, 0.25) is 0 Å². The van der Waals surface area contributed by atoms with Crippen LogP contribution < -0.4 is 25.6 Å². The molecule has 0 aliphatic carbocycles. The Labute approximate surface area is 223 Å². The van der Waals surface area contributed by atoms with Crippen molar-refractivity contribution in [1.82, 2.24) is 20.2 Å². The van der Waals surface area contributed by atoms with E-state index in [0.717, 1.165) is 36.6 Å². The highest BCUT2D eigenvalue weighted by molar-refractivity contribution is 5.92. The Morgan fingerprint density at radius 1 is 1.00 bits per heavy atom. The number of amides is 2. The van der Waals surface area contributed by atoms with E-state index in [-0.39, 0.29) is 24.4 Å². The van der Waals surface area contributed by atoms with E-state index in [4.69, 9.17) is 4.74 Å². The third-order valence-electron chi connectivity index (χ3n) is 6.31. The molecule has 38 heavy (non-hydrogen) atoms. The predicted octanol–water partition coefficient (Wildman–Crippen LogP) is 2.85. The summed E-state index contributed by atoms with van der Waals surface area (Å²) in [5.74, 6) is 2.12. The van der Waals surface area contributed by atoms with Crippen LogP contribution in [0.4, 0.5) is 17.3 Å². The largest absolute Gasteiger partial charge is 0.497 e. The fourth-order valence-electron chi connectivity index (χ4n) is 4.47. The number of benzene rings is 2. The number of rotatable bonds is 10. The van der Waals surface area contributed by atoms with Crippen molar-refractivity contribution in [3.05, 3.63) is 60.7 Å². The van der Waals surface area contributed by atoms with E-state index in [1.54, 1.807) is 13.2 Å². The van der Waals surface area contributed by atoms with Gasteiger partial charge in [0, 0.05) is 63.0 Å². The molecular formula is C28H35N7O3. The van der Waals surface area contributed by atoms with Crippen LogP contribution in [0.15, 0.2) is 60.7 Å². The number of nitrogens with one attached hydrogen (secondary N) is 3. The summed E-state index contributed by atoms with van der Waals surface area (Å²) in [7, 11) is 1.66. The molecule has 3 aromatic rings. The SMILES string of the molecule is COc1ccc(N2CCN(CC(=O)Nc3cc(NCCNC(C)=O)nc(-c4ccccc4)n3)CC2C)cc1. The molecule has 1 aliphatic heterocycles. The molecule has 4 rings (SSSR count). The number of carbonyl (C=O) groups excluding carboxylic acids is 2. The van der Waals surface area contributed by atoms with Crippen molar-refractivity contribution in [3.8, 4) is 17.1 Å². The fraction of sp³-hybridized carbons (Fsp3) is 0.357. The number of anilines is 3. The van der Waals surface area contributed by atoms with Gasteiger partial charge in [0.05, 0.1) is 13.7 Å². The number of nitrogens with zero attached hydrogens (tertiary/aromatic N) is 4. The molecule has 0 bridgehead atoms. The summed E-state index contributed by atoms with van der Waals surface area (Å²) in [4.78, 5) is 37.8. The molecule has 2 heterocycles. The average molecular weight is 518 g/mol. The van der Waals surface area contributed by atoms with Crippen molar-refractivity contribution in [2.24, 2.45) is 0 Å². The molecule has 2 amide bonds. The van der Waals surface area contributed by atoms with E-state index >= 15 is 0 Å². The number of hydrogen-bond donors (Lipinski definition) is 3. The second-order valence-electron chi connectivity index (χ2n) is 9.26. The van der Waals surface area contributed by atoms with Crippen LogP contribution in [0.1, 0.15) is 13.8 Å². The highest BCUT2D eigenvalue weighted by Crippen LogP contribution is 2.24. The number of ether oxygens (including phenoxy) is 1. The van der Waals surface area contributed by atoms with E-state index in [9.17, 15) is 9.59 Å². The molecule has 200 valence electrons. The van der Waals surface area contributed by atoms with Crippen molar-refractivity contribution in [2.75, 3.05) is 61.9 Å². The maximum atomic E-state index is 13.0. The molecule has 1 aromatic heterocycles. The maximum Gasteiger partial charge on any atom is 0.239 e. The molecule has 1 fully saturated rings. The van der Waals surface area contributed by atoms with Crippen LogP contribution in [-0.2, 0) is 9.59 Å². The van der Waals surface area contributed by atoms with Gasteiger partial charge in [-0.15, -0.1) is 0 Å². The van der Waals surface area contributed by atoms with Gasteiger partial charge in [-0.3, -0.25) is 14.5 Å². The van der Waals surface area contributed by atoms with E-state index in [0.29, 0.717) is 30.5 Å². The average Bonchev–Trinajstić information content (AvgIpc) is 2.91. The van der Waals surface area contributed by atoms with Crippen molar-refractivity contribution in [1.29, 1.82) is 0 Å². The molecule has 0 radical (unpaired) electrons. The number of aromatic nitrogens is 2. The Bertz CT molecular complexity index is 1220. The van der Waals surface area contributed by atoms with Gasteiger partial charge in [0.2, 0.25) is 11.8 Å². The normalized spacial score (nSPS) is 15.6. The Morgan fingerprint density at radius 3 is 2.42 bits per heavy atom. The Hall–Kier alpha value is -4.18. The highest BCUT2D eigenvalue weighted by Gasteiger charge is 2.25. The van der Waals surface area contributed by atoms with E-state index in [1.807, 2.05) is 42.5 Å². The lowest BCUT2D eigenvalue weighted by molar-refractivity contribution is -0.119. The van der Waals surface area contributed by atoms with Gasteiger partial charge < -0.3 is 25.6 Å². The first-order chi connectivity index (χ1) is 18.4. The van der Waals surface area contributed by atoms with Crippen molar-refractivity contribution in [2.45, 2.75) is 19.9 Å². The van der Waals surface area contributed by atoms with Gasteiger partial charge in [0.15, 0.2) is 5.82 Å². The second kappa shape index (κ2) is 12.9. The smallest absolute Gasteiger partial charge is 0.239 e. The maximum absolute atomic E-state index is 13.0. The van der Waals surface area contributed by atoms with Crippen LogP contribution in [0.25, 0.3) is 11.4 Å². The van der Waals surface area contributed by atoms with E-state index in [2.05, 4.69) is 54.8 Å². The highest BCUT2D eigenvalue weighted by atomic mass is 16.5. The van der Waals surface area contributed by atoms with Gasteiger partial charge in [-0.2, -0.15) is 0 Å². The first kappa shape index (κ1) is 26.9. The molecule has 1 aliphatic rings. The van der Waals surface area contributed by atoms with Gasteiger partial charge >= 0.3 is 0 Å². The van der Waals surface area contributed by atoms with Gasteiger partial charge in [-0.05, 0) is 31.2 Å². The quantitative estimate of drug-likeness (QED) is 0.352. The summed E-state index contributed by atoms with van der Waals surface area (Å²) >= 11 is 0. The van der Waals surface area contributed by atoms with Gasteiger partial charge in [0.1, 0.15) is 17.4 Å². The first-order valence-corrected chi connectivity index (χ1v) is 12.8. The Morgan fingerprint density at radius 2 is 1.74 bits per heavy atom. The van der Waals surface area contributed by atoms with Gasteiger partial charge in [-0.1, -0.05) is 30.3 Å². The lowest BCUT2D eigenvalue weighted by atomic mass is 10.1. The molecule has 1 unspecified atom stereocenters. The molecule has 1 atom stereocenters. The standard InChI is InChI=1S/C28H35N7O3/c1-20-18-34(15-16-35(20)23-9-11-24(38-3)12-10-23)19-27(37)31-26-17-25(30-14-13-29-21(2)36)32-28(33-26)22-7-5-4-6-8-22/h4-12,17,20H,13-16,18-19H2,1-3H3,(H,29,36)(H2,30,31,32,33,37). The molecule has 10 heteroatoms. The van der Waals surface area contributed by atoms with Crippen LogP contribution >= 0.6 is 0 Å². The summed E-state index contributed by atoms with van der Waals surface area (Å²) in [6, 6.07) is 19.6. The van der Waals surface area contributed by atoms with E-state index < -0.39 is 0 Å². The zero-order valence-electron chi connectivity index (χ0n) is 22.1.